The number of aromatic hydroxyl groups is 1. The molecule has 3 aromatic heterocycles. The van der Waals surface area contributed by atoms with Crippen LogP contribution in [-0.2, 0) is 17.7 Å². The molecule has 0 bridgehead atoms. The maximum absolute atomic E-state index is 14.7. The number of hydrogen-bond donors (Lipinski definition) is 5. The van der Waals surface area contributed by atoms with Crippen molar-refractivity contribution >= 4 is 44.8 Å². The summed E-state index contributed by atoms with van der Waals surface area (Å²) in [5.41, 5.74) is 2.91. The largest absolute Gasteiger partial charge is 0.506 e. The van der Waals surface area contributed by atoms with Crippen LogP contribution in [0.2, 0.25) is 0 Å². The number of carboxylic acids is 1. The first-order valence-electron chi connectivity index (χ1n) is 18.2. The number of aliphatic hydroxyl groups excluding tert-OH is 1. The number of ether oxygens (including phenoxy) is 1. The van der Waals surface area contributed by atoms with Gasteiger partial charge in [-0.25, -0.2) is 14.2 Å². The van der Waals surface area contributed by atoms with Crippen LogP contribution in [0.1, 0.15) is 81.3 Å². The van der Waals surface area contributed by atoms with E-state index in [1.807, 2.05) is 22.4 Å². The number of hydrogen-bond acceptors (Lipinski definition) is 12. The van der Waals surface area contributed by atoms with E-state index in [1.54, 1.807) is 12.1 Å². The average Bonchev–Trinajstić information content (AvgIpc) is 3.84. The molecule has 2 aliphatic heterocycles. The molecule has 2 saturated heterocycles. The van der Waals surface area contributed by atoms with Gasteiger partial charge in [-0.2, -0.15) is 0 Å². The number of thiazole rings is 2. The van der Waals surface area contributed by atoms with Crippen molar-refractivity contribution in [2.24, 2.45) is 0 Å². The van der Waals surface area contributed by atoms with Gasteiger partial charge in [0.25, 0.3) is 5.91 Å². The molecule has 5 aromatic rings. The van der Waals surface area contributed by atoms with Crippen molar-refractivity contribution in [3.8, 4) is 5.75 Å². The van der Waals surface area contributed by atoms with Crippen molar-refractivity contribution in [2.45, 2.75) is 57.3 Å². The predicted molar refractivity (Wildman–Crippen MR) is 209 cm³/mol. The smallest absolute Gasteiger partial charge is 0.337 e. The zero-order valence-corrected chi connectivity index (χ0v) is 32.3. The highest BCUT2D eigenvalue weighted by molar-refractivity contribution is 7.16. The van der Waals surface area contributed by atoms with E-state index in [0.29, 0.717) is 72.2 Å². The Balaban J connectivity index is 0.000000502. The van der Waals surface area contributed by atoms with Crippen LogP contribution in [0, 0.1) is 5.82 Å². The minimum absolute atomic E-state index is 0.0206. The molecule has 5 heterocycles. The highest BCUT2D eigenvalue weighted by Gasteiger charge is 2.41. The number of nitrogens with zero attached hydrogens (tertiary/aromatic N) is 4. The van der Waals surface area contributed by atoms with Crippen LogP contribution in [0.4, 0.5) is 4.39 Å². The van der Waals surface area contributed by atoms with Crippen molar-refractivity contribution in [1.29, 1.82) is 0 Å². The number of aromatic amines is 1. The first kappa shape index (κ1) is 40.1. The van der Waals surface area contributed by atoms with E-state index in [2.05, 4.69) is 39.0 Å². The number of rotatable bonds is 11. The molecule has 1 atom stereocenters. The maximum atomic E-state index is 14.7. The number of halogens is 1. The molecule has 0 unspecified atom stereocenters. The Morgan fingerprint density at radius 1 is 1.15 bits per heavy atom. The number of carbonyl (C=O) groups excluding carboxylic acids is 1. The molecule has 1 amide bonds. The predicted octanol–water partition coefficient (Wildman–Crippen LogP) is 5.17. The Hall–Kier alpha value is -4.58. The number of piperidine rings is 1. The molecule has 2 aromatic carbocycles. The summed E-state index contributed by atoms with van der Waals surface area (Å²) in [6.07, 6.45) is 4.04. The number of pyridine rings is 1. The van der Waals surface area contributed by atoms with Crippen LogP contribution in [0.15, 0.2) is 65.0 Å². The third-order valence-corrected chi connectivity index (χ3v) is 11.9. The van der Waals surface area contributed by atoms with Crippen molar-refractivity contribution in [3.05, 3.63) is 109 Å². The van der Waals surface area contributed by atoms with Crippen LogP contribution in [0.25, 0.3) is 10.2 Å². The molecular weight excluding hydrogens is 748 g/mol. The molecular formula is C39H45FN6O7S2. The van der Waals surface area contributed by atoms with Crippen LogP contribution >= 0.6 is 22.7 Å². The number of H-pyrrole nitrogens is 1. The van der Waals surface area contributed by atoms with Gasteiger partial charge < -0.3 is 35.3 Å². The number of aromatic nitrogens is 3. The van der Waals surface area contributed by atoms with Gasteiger partial charge in [-0.1, -0.05) is 43.4 Å². The first-order chi connectivity index (χ1) is 26.4. The SMILES string of the molecule is CC(C)c1nc(C(=O)N2CCOC3(CCN(Cc4ccc(F)c(CCNC[C@H](O)c5ccc(O)c6[nH]c(=O)sc56)c4)CC3)C2)cs1.O=C(O)c1cccnc1. The number of phenolic OH excluding ortho intramolecular Hbond substituents is 1. The molecule has 0 saturated carbocycles. The number of carboxylic acid groups (broad SMARTS) is 1. The Morgan fingerprint density at radius 2 is 1.95 bits per heavy atom. The Labute approximate surface area is 325 Å². The van der Waals surface area contributed by atoms with Gasteiger partial charge in [0.2, 0.25) is 0 Å². The molecule has 0 aliphatic carbocycles. The number of morpholine rings is 1. The summed E-state index contributed by atoms with van der Waals surface area (Å²) in [5, 5.41) is 35.1. The van der Waals surface area contributed by atoms with Crippen LogP contribution in [0.5, 0.6) is 5.75 Å². The summed E-state index contributed by atoms with van der Waals surface area (Å²) in [6, 6.07) is 11.4. The molecule has 13 nitrogen and oxygen atoms in total. The number of fused-ring (bicyclic) bond motifs is 1. The van der Waals surface area contributed by atoms with E-state index < -0.39 is 12.1 Å². The van der Waals surface area contributed by atoms with Gasteiger partial charge in [-0.15, -0.1) is 11.3 Å². The van der Waals surface area contributed by atoms with Gasteiger partial charge in [0.1, 0.15) is 22.8 Å². The van der Waals surface area contributed by atoms with E-state index in [-0.39, 0.29) is 40.1 Å². The van der Waals surface area contributed by atoms with Crippen molar-refractivity contribution < 1.29 is 34.0 Å². The number of amides is 1. The third-order valence-electron chi connectivity index (χ3n) is 9.82. The average molecular weight is 793 g/mol. The summed E-state index contributed by atoms with van der Waals surface area (Å²) in [5.74, 6) is -0.965. The summed E-state index contributed by atoms with van der Waals surface area (Å²) in [4.78, 5) is 49.9. The lowest BCUT2D eigenvalue weighted by Crippen LogP contribution is -2.58. The fraction of sp³-hybridized carbons (Fsp3) is 0.410. The number of nitrogens with one attached hydrogen (secondary N) is 2. The van der Waals surface area contributed by atoms with E-state index in [4.69, 9.17) is 9.84 Å². The van der Waals surface area contributed by atoms with E-state index in [0.717, 1.165) is 47.8 Å². The molecule has 16 heteroatoms. The van der Waals surface area contributed by atoms with Crippen molar-refractivity contribution in [2.75, 3.05) is 45.9 Å². The number of carbonyl (C=O) groups is 2. The molecule has 55 heavy (non-hydrogen) atoms. The molecule has 2 fully saturated rings. The topological polar surface area (TPSA) is 181 Å². The minimum atomic E-state index is -0.942. The zero-order valence-electron chi connectivity index (χ0n) is 30.7. The quantitative estimate of drug-likeness (QED) is 0.111. The normalized spacial score (nSPS) is 16.3. The fourth-order valence-corrected chi connectivity index (χ4v) is 8.52. The van der Waals surface area contributed by atoms with Gasteiger partial charge in [0.05, 0.1) is 40.1 Å². The molecule has 2 aliphatic rings. The van der Waals surface area contributed by atoms with Gasteiger partial charge in [-0.3, -0.25) is 19.5 Å². The summed E-state index contributed by atoms with van der Waals surface area (Å²) < 4.78 is 21.5. The highest BCUT2D eigenvalue weighted by Crippen LogP contribution is 2.33. The lowest BCUT2D eigenvalue weighted by atomic mass is 9.89. The summed E-state index contributed by atoms with van der Waals surface area (Å²) >= 11 is 2.48. The van der Waals surface area contributed by atoms with Gasteiger partial charge >= 0.3 is 10.8 Å². The standard InChI is InChI=1S/C33H40FN5O5S2.C6H5NO2/c1-20(2)30-36-25(18-45-30)31(42)39-13-14-44-33(19-39)8-11-38(12-9-33)17-21-3-5-24(34)22(15-21)7-10-35-16-27(41)23-4-6-26(40)28-29(23)46-32(43)37-28;8-6(9)5-2-1-3-7-4-5/h3-6,15,18,20,27,35,40-41H,7-14,16-17,19H2,1-2H3,(H,37,43);1-4H,(H,8,9)/t27-;/m0./s1. The second-order valence-electron chi connectivity index (χ2n) is 14.1. The minimum Gasteiger partial charge on any atom is -0.506 e. The lowest BCUT2D eigenvalue weighted by molar-refractivity contribution is -0.128. The molecule has 5 N–H and O–H groups in total. The number of likely N-dealkylation sites (tertiary alicyclic amines) is 1. The number of phenols is 1. The number of aromatic carboxylic acids is 1. The van der Waals surface area contributed by atoms with Gasteiger partial charge in [0.15, 0.2) is 0 Å². The Bertz CT molecular complexity index is 2150. The third kappa shape index (κ3) is 10.00. The van der Waals surface area contributed by atoms with E-state index in [9.17, 15) is 29.0 Å². The number of benzene rings is 2. The first-order valence-corrected chi connectivity index (χ1v) is 19.9. The summed E-state index contributed by atoms with van der Waals surface area (Å²) in [6.45, 7) is 8.84. The second-order valence-corrected chi connectivity index (χ2v) is 16.0. The van der Waals surface area contributed by atoms with Crippen LogP contribution in [-0.4, -0.2) is 103 Å². The molecule has 1 spiro atoms. The van der Waals surface area contributed by atoms with Crippen molar-refractivity contribution in [3.63, 3.8) is 0 Å². The number of aliphatic hydroxyl groups is 1. The zero-order chi connectivity index (χ0) is 39.1. The monoisotopic (exact) mass is 792 g/mol. The second kappa shape index (κ2) is 17.9. The fourth-order valence-electron chi connectivity index (χ4n) is 6.79. The van der Waals surface area contributed by atoms with Gasteiger partial charge in [0, 0.05) is 62.0 Å². The molecule has 0 radical (unpaired) electrons. The Morgan fingerprint density at radius 3 is 2.64 bits per heavy atom. The van der Waals surface area contributed by atoms with Gasteiger partial charge in [-0.05, 0) is 61.2 Å². The Kier molecular flexibility index (Phi) is 13.1. The van der Waals surface area contributed by atoms with Crippen LogP contribution < -0.4 is 10.2 Å². The van der Waals surface area contributed by atoms with Crippen LogP contribution in [0.3, 0.4) is 0 Å². The van der Waals surface area contributed by atoms with E-state index >= 15 is 0 Å². The highest BCUT2D eigenvalue weighted by atomic mass is 32.1. The maximum Gasteiger partial charge on any atom is 0.337 e. The molecule has 292 valence electrons. The summed E-state index contributed by atoms with van der Waals surface area (Å²) in [7, 11) is 0. The lowest BCUT2D eigenvalue weighted by Gasteiger charge is -2.47. The molecule has 7 rings (SSSR count). The van der Waals surface area contributed by atoms with Crippen molar-refractivity contribution in [1.82, 2.24) is 30.1 Å². The van der Waals surface area contributed by atoms with E-state index in [1.165, 1.54) is 41.9 Å².